The van der Waals surface area contributed by atoms with Crippen molar-refractivity contribution in [2.75, 3.05) is 18.5 Å². The number of aromatic nitrogens is 2. The second-order valence-corrected chi connectivity index (χ2v) is 3.79. The number of aliphatic hydroxyl groups is 1. The number of likely N-dealkylation sites (N-methyl/N-ethyl adjacent to an activating group) is 1. The number of halogens is 2. The molecule has 1 heterocycles. The van der Waals surface area contributed by atoms with Gasteiger partial charge < -0.3 is 10.0 Å². The fraction of sp³-hybridized carbons (Fsp3) is 0.500. The Hall–Kier alpha value is -0.580. The Morgan fingerprint density at radius 2 is 2.21 bits per heavy atom. The lowest BCUT2D eigenvalue weighted by molar-refractivity contribution is 0.201. The molecule has 78 valence electrons. The van der Waals surface area contributed by atoms with Crippen LogP contribution in [-0.4, -0.2) is 34.8 Å². The summed E-state index contributed by atoms with van der Waals surface area (Å²) in [6.45, 7) is 2.13. The SMILES string of the molecule is CC(O)CN(C)c1nc(Cl)ncc1Cl. The van der Waals surface area contributed by atoms with E-state index in [9.17, 15) is 5.11 Å². The van der Waals surface area contributed by atoms with Crippen molar-refractivity contribution in [1.29, 1.82) is 0 Å². The van der Waals surface area contributed by atoms with E-state index in [-0.39, 0.29) is 5.28 Å². The van der Waals surface area contributed by atoms with Gasteiger partial charge in [0.05, 0.1) is 12.3 Å². The molecule has 0 amide bonds. The first-order valence-corrected chi connectivity index (χ1v) is 4.83. The van der Waals surface area contributed by atoms with Crippen LogP contribution in [0.1, 0.15) is 6.92 Å². The van der Waals surface area contributed by atoms with Crippen LogP contribution in [0.15, 0.2) is 6.20 Å². The summed E-state index contributed by atoms with van der Waals surface area (Å²) in [5.41, 5.74) is 0. The Labute approximate surface area is 92.5 Å². The van der Waals surface area contributed by atoms with Gasteiger partial charge in [0.2, 0.25) is 5.28 Å². The van der Waals surface area contributed by atoms with Gasteiger partial charge in [-0.3, -0.25) is 0 Å². The molecule has 1 rings (SSSR count). The highest BCUT2D eigenvalue weighted by molar-refractivity contribution is 6.33. The van der Waals surface area contributed by atoms with Gasteiger partial charge in [-0.25, -0.2) is 4.98 Å². The summed E-state index contributed by atoms with van der Waals surface area (Å²) in [5, 5.41) is 9.74. The molecule has 0 spiro atoms. The summed E-state index contributed by atoms with van der Waals surface area (Å²) in [5.74, 6) is 0.521. The number of aliphatic hydroxyl groups excluding tert-OH is 1. The fourth-order valence-electron chi connectivity index (χ4n) is 1.09. The second kappa shape index (κ2) is 4.77. The minimum absolute atomic E-state index is 0.141. The van der Waals surface area contributed by atoms with Crippen LogP contribution in [0.4, 0.5) is 5.82 Å². The van der Waals surface area contributed by atoms with Gasteiger partial charge in [-0.05, 0) is 18.5 Å². The van der Waals surface area contributed by atoms with Crippen LogP contribution in [0.5, 0.6) is 0 Å². The van der Waals surface area contributed by atoms with E-state index in [1.807, 2.05) is 0 Å². The summed E-state index contributed by atoms with van der Waals surface area (Å²) < 4.78 is 0. The van der Waals surface area contributed by atoms with Gasteiger partial charge in [0.1, 0.15) is 5.02 Å². The summed E-state index contributed by atoms with van der Waals surface area (Å²) >= 11 is 11.5. The summed E-state index contributed by atoms with van der Waals surface area (Å²) in [4.78, 5) is 9.42. The standard InChI is InChI=1S/C8H11Cl2N3O/c1-5(14)4-13(2)7-6(9)3-11-8(10)12-7/h3,5,14H,4H2,1-2H3. The molecule has 0 aliphatic rings. The lowest BCUT2D eigenvalue weighted by Crippen LogP contribution is -2.27. The van der Waals surface area contributed by atoms with E-state index < -0.39 is 6.10 Å². The molecule has 1 aromatic rings. The smallest absolute Gasteiger partial charge is 0.224 e. The van der Waals surface area contributed by atoms with Crippen molar-refractivity contribution in [1.82, 2.24) is 9.97 Å². The lowest BCUT2D eigenvalue weighted by Gasteiger charge is -2.20. The van der Waals surface area contributed by atoms with Gasteiger partial charge in [-0.15, -0.1) is 0 Å². The van der Waals surface area contributed by atoms with Crippen molar-refractivity contribution in [3.63, 3.8) is 0 Å². The maximum Gasteiger partial charge on any atom is 0.224 e. The Balaban J connectivity index is 2.88. The highest BCUT2D eigenvalue weighted by Gasteiger charge is 2.10. The molecule has 0 aromatic carbocycles. The summed E-state index contributed by atoms with van der Waals surface area (Å²) in [6.07, 6.45) is 0.981. The van der Waals surface area contributed by atoms with Crippen molar-refractivity contribution >= 4 is 29.0 Å². The summed E-state index contributed by atoms with van der Waals surface area (Å²) in [7, 11) is 1.78. The highest BCUT2D eigenvalue weighted by Crippen LogP contribution is 2.22. The van der Waals surface area contributed by atoms with Crippen molar-refractivity contribution in [2.45, 2.75) is 13.0 Å². The van der Waals surface area contributed by atoms with Crippen LogP contribution < -0.4 is 4.90 Å². The lowest BCUT2D eigenvalue weighted by atomic mass is 10.4. The topological polar surface area (TPSA) is 49.2 Å². The minimum atomic E-state index is -0.454. The number of anilines is 1. The Morgan fingerprint density at radius 1 is 1.57 bits per heavy atom. The van der Waals surface area contributed by atoms with Crippen molar-refractivity contribution in [2.24, 2.45) is 0 Å². The molecule has 1 aromatic heterocycles. The normalized spacial score (nSPS) is 12.6. The monoisotopic (exact) mass is 235 g/mol. The highest BCUT2D eigenvalue weighted by atomic mass is 35.5. The maximum atomic E-state index is 9.18. The van der Waals surface area contributed by atoms with Crippen molar-refractivity contribution < 1.29 is 5.11 Å². The van der Waals surface area contributed by atoms with Gasteiger partial charge in [-0.2, -0.15) is 4.98 Å². The maximum absolute atomic E-state index is 9.18. The molecule has 0 aliphatic heterocycles. The zero-order valence-electron chi connectivity index (χ0n) is 7.91. The molecule has 0 fully saturated rings. The first-order valence-electron chi connectivity index (χ1n) is 4.08. The van der Waals surface area contributed by atoms with E-state index in [0.29, 0.717) is 17.4 Å². The first kappa shape index (κ1) is 11.5. The Morgan fingerprint density at radius 3 is 2.79 bits per heavy atom. The molecule has 1 atom stereocenters. The predicted octanol–water partition coefficient (Wildman–Crippen LogP) is 1.60. The molecule has 4 nitrogen and oxygen atoms in total. The van der Waals surface area contributed by atoms with Crippen LogP contribution >= 0.6 is 23.2 Å². The zero-order valence-corrected chi connectivity index (χ0v) is 9.42. The molecular weight excluding hydrogens is 225 g/mol. The zero-order chi connectivity index (χ0) is 10.7. The Kier molecular flexibility index (Phi) is 3.92. The number of nitrogens with zero attached hydrogens (tertiary/aromatic N) is 3. The van der Waals surface area contributed by atoms with Crippen LogP contribution in [-0.2, 0) is 0 Å². The molecule has 0 saturated heterocycles. The quantitative estimate of drug-likeness (QED) is 0.810. The predicted molar refractivity (Wildman–Crippen MR) is 57.0 cm³/mol. The van der Waals surface area contributed by atoms with Crippen LogP contribution in [0, 0.1) is 0 Å². The van der Waals surface area contributed by atoms with E-state index in [0.717, 1.165) is 0 Å². The second-order valence-electron chi connectivity index (χ2n) is 3.04. The third-order valence-electron chi connectivity index (χ3n) is 1.60. The van der Waals surface area contributed by atoms with Gasteiger partial charge in [0, 0.05) is 13.6 Å². The molecule has 0 aliphatic carbocycles. The average molecular weight is 236 g/mol. The molecule has 1 unspecified atom stereocenters. The van der Waals surface area contributed by atoms with Gasteiger partial charge >= 0.3 is 0 Å². The van der Waals surface area contributed by atoms with Crippen molar-refractivity contribution in [3.8, 4) is 0 Å². The third kappa shape index (κ3) is 2.97. The largest absolute Gasteiger partial charge is 0.392 e. The molecule has 6 heteroatoms. The molecule has 0 radical (unpaired) electrons. The van der Waals surface area contributed by atoms with Crippen LogP contribution in [0.25, 0.3) is 0 Å². The molecule has 1 N–H and O–H groups in total. The van der Waals surface area contributed by atoms with E-state index in [4.69, 9.17) is 23.2 Å². The van der Waals surface area contributed by atoms with Crippen molar-refractivity contribution in [3.05, 3.63) is 16.5 Å². The molecule has 0 saturated carbocycles. The van der Waals surface area contributed by atoms with Crippen LogP contribution in [0.3, 0.4) is 0 Å². The van der Waals surface area contributed by atoms with Crippen LogP contribution in [0.2, 0.25) is 10.3 Å². The summed E-state index contributed by atoms with van der Waals surface area (Å²) in [6, 6.07) is 0. The number of hydrogen-bond donors (Lipinski definition) is 1. The first-order chi connectivity index (χ1) is 6.50. The molecule has 0 bridgehead atoms. The third-order valence-corrected chi connectivity index (χ3v) is 2.04. The van der Waals surface area contributed by atoms with E-state index in [1.165, 1.54) is 6.20 Å². The molecule has 14 heavy (non-hydrogen) atoms. The van der Waals surface area contributed by atoms with E-state index in [1.54, 1.807) is 18.9 Å². The molecular formula is C8H11Cl2N3O. The van der Waals surface area contributed by atoms with Gasteiger partial charge in [-0.1, -0.05) is 11.6 Å². The number of rotatable bonds is 3. The van der Waals surface area contributed by atoms with E-state index in [2.05, 4.69) is 9.97 Å². The van der Waals surface area contributed by atoms with E-state index >= 15 is 0 Å². The Bertz CT molecular complexity index is 319. The number of hydrogen-bond acceptors (Lipinski definition) is 4. The minimum Gasteiger partial charge on any atom is -0.392 e. The van der Waals surface area contributed by atoms with Gasteiger partial charge in [0.15, 0.2) is 5.82 Å². The average Bonchev–Trinajstić information content (AvgIpc) is 2.08. The fourth-order valence-corrected chi connectivity index (χ4v) is 1.45. The van der Waals surface area contributed by atoms with Gasteiger partial charge in [0.25, 0.3) is 0 Å².